The summed E-state index contributed by atoms with van der Waals surface area (Å²) >= 11 is 6.34. The molecule has 182 valence electrons. The van der Waals surface area contributed by atoms with Crippen molar-refractivity contribution < 1.29 is 28.6 Å². The summed E-state index contributed by atoms with van der Waals surface area (Å²) in [6.45, 7) is 0.627. The average molecular weight is 498 g/mol. The minimum absolute atomic E-state index is 0.223. The lowest BCUT2D eigenvalue weighted by Crippen LogP contribution is -2.54. The Hall–Kier alpha value is -3.30. The fourth-order valence-electron chi connectivity index (χ4n) is 6.63. The Labute approximate surface area is 206 Å². The Morgan fingerprint density at radius 1 is 1.00 bits per heavy atom. The van der Waals surface area contributed by atoms with Gasteiger partial charge in [0.15, 0.2) is 11.5 Å². The van der Waals surface area contributed by atoms with Crippen LogP contribution in [-0.4, -0.2) is 56.5 Å². The van der Waals surface area contributed by atoms with E-state index in [1.54, 1.807) is 30.3 Å². The van der Waals surface area contributed by atoms with Crippen molar-refractivity contribution in [2.75, 3.05) is 38.1 Å². The van der Waals surface area contributed by atoms with Gasteiger partial charge in [0.05, 0.1) is 38.9 Å². The van der Waals surface area contributed by atoms with Crippen molar-refractivity contribution in [3.63, 3.8) is 0 Å². The van der Waals surface area contributed by atoms with Crippen molar-refractivity contribution in [3.8, 4) is 17.2 Å². The van der Waals surface area contributed by atoms with E-state index in [2.05, 4.69) is 10.2 Å². The molecule has 0 aromatic heterocycles. The predicted octanol–water partition coefficient (Wildman–Crippen LogP) is 2.80. The third-order valence-corrected chi connectivity index (χ3v) is 8.10. The number of rotatable bonds is 4. The van der Waals surface area contributed by atoms with Crippen LogP contribution in [0, 0.1) is 11.8 Å². The molecule has 2 aromatic carbocycles. The van der Waals surface area contributed by atoms with Gasteiger partial charge in [-0.15, -0.1) is 0 Å². The summed E-state index contributed by atoms with van der Waals surface area (Å²) in [6, 6.07) is 8.14. The molecule has 1 N–H and O–H groups in total. The maximum Gasteiger partial charge on any atom is 0.250 e. The molecule has 10 heteroatoms. The molecule has 0 radical (unpaired) electrons. The van der Waals surface area contributed by atoms with Crippen LogP contribution in [0.4, 0.5) is 11.4 Å². The molecule has 0 saturated carbocycles. The average Bonchev–Trinajstić information content (AvgIpc) is 3.56. The monoisotopic (exact) mass is 497 g/mol. The second-order valence-electron chi connectivity index (χ2n) is 9.21. The van der Waals surface area contributed by atoms with Gasteiger partial charge >= 0.3 is 0 Å². The number of carbonyl (C=O) groups excluding carboxylic acids is 3. The number of imide groups is 1. The summed E-state index contributed by atoms with van der Waals surface area (Å²) in [5.41, 5.74) is 0.307. The zero-order valence-corrected chi connectivity index (χ0v) is 20.2. The number of fused-ring (bicyclic) bond motifs is 7. The van der Waals surface area contributed by atoms with Crippen LogP contribution in [0.2, 0.25) is 5.02 Å². The zero-order valence-electron chi connectivity index (χ0n) is 19.5. The van der Waals surface area contributed by atoms with E-state index in [-0.39, 0.29) is 17.9 Å². The van der Waals surface area contributed by atoms with E-state index in [0.29, 0.717) is 45.8 Å². The second kappa shape index (κ2) is 7.60. The van der Waals surface area contributed by atoms with Crippen molar-refractivity contribution in [1.29, 1.82) is 0 Å². The van der Waals surface area contributed by atoms with Gasteiger partial charge in [-0.25, -0.2) is 4.90 Å². The molecule has 4 aliphatic rings. The third kappa shape index (κ3) is 2.65. The van der Waals surface area contributed by atoms with Gasteiger partial charge in [-0.3, -0.25) is 19.3 Å². The van der Waals surface area contributed by atoms with Crippen LogP contribution >= 0.6 is 11.6 Å². The fourth-order valence-corrected chi connectivity index (χ4v) is 6.80. The largest absolute Gasteiger partial charge is 0.493 e. The number of ether oxygens (including phenoxy) is 3. The molecule has 1 spiro atoms. The van der Waals surface area contributed by atoms with Crippen molar-refractivity contribution in [3.05, 3.63) is 40.9 Å². The summed E-state index contributed by atoms with van der Waals surface area (Å²) in [6.07, 6.45) is 1.57. The highest BCUT2D eigenvalue weighted by atomic mass is 35.5. The van der Waals surface area contributed by atoms with E-state index >= 15 is 0 Å². The van der Waals surface area contributed by atoms with Gasteiger partial charge in [0.1, 0.15) is 5.54 Å². The highest BCUT2D eigenvalue weighted by molar-refractivity contribution is 6.31. The number of halogens is 1. The van der Waals surface area contributed by atoms with Crippen LogP contribution in [0.15, 0.2) is 30.3 Å². The quantitative estimate of drug-likeness (QED) is 0.649. The van der Waals surface area contributed by atoms with Crippen LogP contribution in [-0.2, 0) is 19.9 Å². The molecular weight excluding hydrogens is 474 g/mol. The molecule has 3 fully saturated rings. The van der Waals surface area contributed by atoms with Gasteiger partial charge in [0.25, 0.3) is 0 Å². The Kier molecular flexibility index (Phi) is 4.82. The molecular formula is C25H24ClN3O6. The lowest BCUT2D eigenvalue weighted by atomic mass is 9.75. The maximum absolute atomic E-state index is 14.1. The standard InChI is InChI=1S/C25H24ClN3O6/c1-33-17-10-13(11-18(34-2)21(17)35-3)29-22(30)19-16-5-4-8-28(16)25(20(19)23(29)31)14-9-12(26)6-7-15(14)27-24(25)32/h6-7,9-11,16,19-20H,4-5,8H2,1-3H3,(H,27,32)/t16-,19+,20-,25-/m0/s1. The molecule has 6 rings (SSSR count). The summed E-state index contributed by atoms with van der Waals surface area (Å²) < 4.78 is 16.3. The molecule has 4 aliphatic heterocycles. The van der Waals surface area contributed by atoms with Gasteiger partial charge < -0.3 is 19.5 Å². The first kappa shape index (κ1) is 22.2. The third-order valence-electron chi connectivity index (χ3n) is 7.86. The van der Waals surface area contributed by atoms with Gasteiger partial charge in [-0.1, -0.05) is 11.6 Å². The molecule has 0 bridgehead atoms. The minimum Gasteiger partial charge on any atom is -0.493 e. The van der Waals surface area contributed by atoms with Gasteiger partial charge in [-0.05, 0) is 37.6 Å². The first-order valence-electron chi connectivity index (χ1n) is 11.4. The number of hydrogen-bond acceptors (Lipinski definition) is 7. The van der Waals surface area contributed by atoms with Crippen LogP contribution in [0.5, 0.6) is 17.2 Å². The van der Waals surface area contributed by atoms with E-state index in [1.165, 1.54) is 26.2 Å². The van der Waals surface area contributed by atoms with E-state index in [4.69, 9.17) is 25.8 Å². The first-order chi connectivity index (χ1) is 16.9. The number of amides is 3. The number of hydrogen-bond donors (Lipinski definition) is 1. The Bertz CT molecular complexity index is 1270. The highest BCUT2D eigenvalue weighted by Gasteiger charge is 2.74. The van der Waals surface area contributed by atoms with Crippen molar-refractivity contribution in [2.24, 2.45) is 11.8 Å². The van der Waals surface area contributed by atoms with Crippen LogP contribution in [0.3, 0.4) is 0 Å². The minimum atomic E-state index is -1.28. The smallest absolute Gasteiger partial charge is 0.250 e. The normalized spacial score (nSPS) is 28.9. The van der Waals surface area contributed by atoms with Crippen LogP contribution in [0.25, 0.3) is 0 Å². The molecule has 3 saturated heterocycles. The Balaban J connectivity index is 1.53. The topological polar surface area (TPSA) is 97.4 Å². The summed E-state index contributed by atoms with van der Waals surface area (Å²) in [5, 5.41) is 3.42. The predicted molar refractivity (Wildman–Crippen MR) is 127 cm³/mol. The van der Waals surface area contributed by atoms with Gasteiger partial charge in [-0.2, -0.15) is 0 Å². The summed E-state index contributed by atoms with van der Waals surface area (Å²) in [5.74, 6) is -1.56. The molecule has 3 amide bonds. The first-order valence-corrected chi connectivity index (χ1v) is 11.8. The highest BCUT2D eigenvalue weighted by Crippen LogP contribution is 2.61. The molecule has 2 aromatic rings. The molecule has 4 heterocycles. The number of nitrogens with one attached hydrogen (secondary N) is 1. The summed E-state index contributed by atoms with van der Waals surface area (Å²) in [7, 11) is 4.42. The van der Waals surface area contributed by atoms with E-state index < -0.39 is 23.3 Å². The van der Waals surface area contributed by atoms with E-state index in [9.17, 15) is 14.4 Å². The number of methoxy groups -OCH3 is 3. The van der Waals surface area contributed by atoms with Crippen molar-refractivity contribution in [2.45, 2.75) is 24.4 Å². The summed E-state index contributed by atoms with van der Waals surface area (Å²) in [4.78, 5) is 45.0. The maximum atomic E-state index is 14.1. The SMILES string of the molecule is COc1cc(N2C(=O)[C@H]3[C@@H](C2=O)[C@@]2(C(=O)Nc4ccc(Cl)cc42)N2CCC[C@@H]32)cc(OC)c1OC. The van der Waals surface area contributed by atoms with E-state index in [1.807, 2.05) is 0 Å². The molecule has 4 atom stereocenters. The number of nitrogens with zero attached hydrogens (tertiary/aromatic N) is 2. The molecule has 0 aliphatic carbocycles. The van der Waals surface area contributed by atoms with Gasteiger partial charge in [0.2, 0.25) is 23.5 Å². The van der Waals surface area contributed by atoms with Crippen molar-refractivity contribution in [1.82, 2.24) is 4.90 Å². The molecule has 0 unspecified atom stereocenters. The lowest BCUT2D eigenvalue weighted by Gasteiger charge is -2.36. The number of benzene rings is 2. The number of carbonyl (C=O) groups is 3. The van der Waals surface area contributed by atoms with Crippen LogP contribution < -0.4 is 24.4 Å². The second-order valence-corrected chi connectivity index (χ2v) is 9.65. The Morgan fingerprint density at radius 3 is 2.37 bits per heavy atom. The molecule has 35 heavy (non-hydrogen) atoms. The van der Waals surface area contributed by atoms with Crippen molar-refractivity contribution >= 4 is 40.7 Å². The van der Waals surface area contributed by atoms with Gasteiger partial charge in [0, 0.05) is 34.4 Å². The van der Waals surface area contributed by atoms with E-state index in [0.717, 1.165) is 12.8 Å². The fraction of sp³-hybridized carbons (Fsp3) is 0.400. The zero-order chi connectivity index (χ0) is 24.6. The molecule has 9 nitrogen and oxygen atoms in total. The lowest BCUT2D eigenvalue weighted by molar-refractivity contribution is -0.135. The number of anilines is 2. The van der Waals surface area contributed by atoms with Crippen LogP contribution in [0.1, 0.15) is 18.4 Å². The Morgan fingerprint density at radius 2 is 1.71 bits per heavy atom.